The number of benzene rings is 2. The predicted octanol–water partition coefficient (Wildman–Crippen LogP) is 5.00. The van der Waals surface area contributed by atoms with Gasteiger partial charge in [-0.25, -0.2) is 0 Å². The molecular weight excluding hydrogens is 476 g/mol. The summed E-state index contributed by atoms with van der Waals surface area (Å²) in [4.78, 5) is 36.9. The van der Waals surface area contributed by atoms with Crippen LogP contribution in [0.15, 0.2) is 45.8 Å². The van der Waals surface area contributed by atoms with Crippen molar-refractivity contribution in [2.24, 2.45) is 0 Å². The lowest BCUT2D eigenvalue weighted by Gasteiger charge is -2.13. The molecule has 0 spiro atoms. The van der Waals surface area contributed by atoms with E-state index in [1.165, 1.54) is 25.3 Å². The summed E-state index contributed by atoms with van der Waals surface area (Å²) in [5, 5.41) is 10.5. The van der Waals surface area contributed by atoms with E-state index in [0.29, 0.717) is 33.7 Å². The number of hydrogen-bond donors (Lipinski definition) is 0. The van der Waals surface area contributed by atoms with Crippen LogP contribution in [0.3, 0.4) is 0 Å². The summed E-state index contributed by atoms with van der Waals surface area (Å²) >= 11 is 4.26. The molecule has 0 atom stereocenters. The zero-order valence-corrected chi connectivity index (χ0v) is 18.5. The van der Waals surface area contributed by atoms with Crippen LogP contribution in [0.2, 0.25) is 0 Å². The van der Waals surface area contributed by atoms with Gasteiger partial charge in [-0.15, -0.1) is 0 Å². The van der Waals surface area contributed by atoms with Gasteiger partial charge in [-0.1, -0.05) is 28.1 Å². The molecule has 1 heterocycles. The Balaban J connectivity index is 1.86. The van der Waals surface area contributed by atoms with E-state index in [0.717, 1.165) is 16.7 Å². The lowest BCUT2D eigenvalue weighted by Crippen LogP contribution is -2.27. The predicted molar refractivity (Wildman–Crippen MR) is 116 cm³/mol. The molecule has 0 aromatic heterocycles. The Hall–Kier alpha value is -2.85. The maximum atomic E-state index is 12.8. The number of non-ortho nitro benzene ring substituents is 1. The minimum atomic E-state index is -0.520. The van der Waals surface area contributed by atoms with Crippen LogP contribution in [0.25, 0.3) is 6.08 Å². The Morgan fingerprint density at radius 1 is 1.23 bits per heavy atom. The Morgan fingerprint density at radius 2 is 2.00 bits per heavy atom. The highest BCUT2D eigenvalue weighted by molar-refractivity contribution is 9.10. The lowest BCUT2D eigenvalue weighted by atomic mass is 10.1. The highest BCUT2D eigenvalue weighted by Gasteiger charge is 2.35. The van der Waals surface area contributed by atoms with Crippen molar-refractivity contribution in [3.05, 3.63) is 67.0 Å². The number of methoxy groups -OCH3 is 1. The highest BCUT2D eigenvalue weighted by atomic mass is 79.9. The standard InChI is InChI=1S/C20H17BrN2O6S/c1-3-29-17-10-15(21)13(8-16(17)28-2)9-18-19(24)22(20(25)30-18)11-12-5-4-6-14(7-12)23(26)27/h4-10H,3,11H2,1-2H3/b18-9+. The number of carbonyl (C=O) groups excluding carboxylic acids is 2. The monoisotopic (exact) mass is 492 g/mol. The third-order valence-electron chi connectivity index (χ3n) is 4.21. The van der Waals surface area contributed by atoms with Crippen molar-refractivity contribution in [2.75, 3.05) is 13.7 Å². The number of thioether (sulfide) groups is 1. The minimum Gasteiger partial charge on any atom is -0.493 e. The molecule has 30 heavy (non-hydrogen) atoms. The van der Waals surface area contributed by atoms with Gasteiger partial charge in [0.2, 0.25) is 0 Å². The van der Waals surface area contributed by atoms with Crippen LogP contribution in [-0.2, 0) is 11.3 Å². The number of hydrogen-bond acceptors (Lipinski definition) is 7. The van der Waals surface area contributed by atoms with E-state index in [1.54, 1.807) is 24.3 Å². The summed E-state index contributed by atoms with van der Waals surface area (Å²) in [7, 11) is 1.52. The molecule has 0 radical (unpaired) electrons. The van der Waals surface area contributed by atoms with Gasteiger partial charge in [-0.3, -0.25) is 24.6 Å². The normalized spacial score (nSPS) is 15.0. The second kappa shape index (κ2) is 9.31. The second-order valence-electron chi connectivity index (χ2n) is 6.15. The molecule has 1 aliphatic rings. The first-order chi connectivity index (χ1) is 14.3. The molecule has 1 saturated heterocycles. The Bertz CT molecular complexity index is 1060. The summed E-state index contributed by atoms with van der Waals surface area (Å²) in [6, 6.07) is 9.31. The fourth-order valence-electron chi connectivity index (χ4n) is 2.82. The third kappa shape index (κ3) is 4.65. The number of rotatable bonds is 7. The molecule has 10 heteroatoms. The highest BCUT2D eigenvalue weighted by Crippen LogP contribution is 2.38. The van der Waals surface area contributed by atoms with E-state index in [2.05, 4.69) is 15.9 Å². The number of nitrogens with zero attached hydrogens (tertiary/aromatic N) is 2. The van der Waals surface area contributed by atoms with Gasteiger partial charge in [0.25, 0.3) is 16.8 Å². The number of carbonyl (C=O) groups is 2. The van der Waals surface area contributed by atoms with E-state index in [-0.39, 0.29) is 17.1 Å². The summed E-state index contributed by atoms with van der Waals surface area (Å²) in [6.07, 6.45) is 1.60. The fraction of sp³-hybridized carbons (Fsp3) is 0.200. The van der Waals surface area contributed by atoms with Gasteiger partial charge < -0.3 is 9.47 Å². The smallest absolute Gasteiger partial charge is 0.293 e. The summed E-state index contributed by atoms with van der Waals surface area (Å²) in [5.41, 5.74) is 1.05. The van der Waals surface area contributed by atoms with Gasteiger partial charge >= 0.3 is 0 Å². The van der Waals surface area contributed by atoms with Crippen molar-refractivity contribution in [3.8, 4) is 11.5 Å². The van der Waals surface area contributed by atoms with Crippen LogP contribution < -0.4 is 9.47 Å². The molecule has 8 nitrogen and oxygen atoms in total. The topological polar surface area (TPSA) is 99.0 Å². The van der Waals surface area contributed by atoms with Gasteiger partial charge in [-0.2, -0.15) is 0 Å². The molecule has 0 saturated carbocycles. The number of ether oxygens (including phenoxy) is 2. The van der Waals surface area contributed by atoms with Gasteiger partial charge in [0, 0.05) is 16.6 Å². The van der Waals surface area contributed by atoms with E-state index in [4.69, 9.17) is 9.47 Å². The number of nitro groups is 1. The molecule has 1 fully saturated rings. The van der Waals surface area contributed by atoms with Crippen LogP contribution in [0.4, 0.5) is 10.5 Å². The maximum absolute atomic E-state index is 12.8. The third-order valence-corrected chi connectivity index (χ3v) is 5.80. The molecule has 2 aromatic rings. The van der Waals surface area contributed by atoms with Crippen LogP contribution in [0.5, 0.6) is 11.5 Å². The van der Waals surface area contributed by atoms with Gasteiger partial charge in [-0.05, 0) is 48.0 Å². The van der Waals surface area contributed by atoms with Crippen molar-refractivity contribution in [1.29, 1.82) is 0 Å². The Morgan fingerprint density at radius 3 is 2.67 bits per heavy atom. The molecule has 0 aliphatic carbocycles. The number of halogens is 1. The van der Waals surface area contributed by atoms with Crippen LogP contribution in [0, 0.1) is 10.1 Å². The first kappa shape index (κ1) is 21.8. The zero-order valence-electron chi connectivity index (χ0n) is 16.1. The molecule has 1 aliphatic heterocycles. The molecule has 0 bridgehead atoms. The number of amides is 2. The number of imide groups is 1. The van der Waals surface area contributed by atoms with Crippen LogP contribution >= 0.6 is 27.7 Å². The quantitative estimate of drug-likeness (QED) is 0.304. The zero-order chi connectivity index (χ0) is 21.8. The Labute approximate surface area is 185 Å². The van der Waals surface area contributed by atoms with E-state index < -0.39 is 16.1 Å². The first-order valence-electron chi connectivity index (χ1n) is 8.83. The van der Waals surface area contributed by atoms with Crippen molar-refractivity contribution in [2.45, 2.75) is 13.5 Å². The maximum Gasteiger partial charge on any atom is 0.293 e. The molecule has 0 N–H and O–H groups in total. The average molecular weight is 493 g/mol. The van der Waals surface area contributed by atoms with E-state index >= 15 is 0 Å². The van der Waals surface area contributed by atoms with Crippen molar-refractivity contribution in [1.82, 2.24) is 4.90 Å². The largest absolute Gasteiger partial charge is 0.493 e. The molecule has 2 aromatic carbocycles. The molecule has 3 rings (SSSR count). The molecule has 2 amide bonds. The first-order valence-corrected chi connectivity index (χ1v) is 10.4. The number of nitro benzene ring substituents is 1. The van der Waals surface area contributed by atoms with Crippen molar-refractivity contribution < 1.29 is 24.0 Å². The Kier molecular flexibility index (Phi) is 6.78. The fourth-order valence-corrected chi connectivity index (χ4v) is 4.08. The second-order valence-corrected chi connectivity index (χ2v) is 8.00. The lowest BCUT2D eigenvalue weighted by molar-refractivity contribution is -0.384. The molecule has 156 valence electrons. The molecular formula is C20H17BrN2O6S. The van der Waals surface area contributed by atoms with E-state index in [9.17, 15) is 19.7 Å². The van der Waals surface area contributed by atoms with Crippen molar-refractivity contribution >= 4 is 50.6 Å². The summed E-state index contributed by atoms with van der Waals surface area (Å²) in [5.74, 6) is 0.598. The van der Waals surface area contributed by atoms with Crippen LogP contribution in [0.1, 0.15) is 18.1 Å². The van der Waals surface area contributed by atoms with Crippen LogP contribution in [-0.4, -0.2) is 34.7 Å². The summed E-state index contributed by atoms with van der Waals surface area (Å²) < 4.78 is 11.5. The van der Waals surface area contributed by atoms with Crippen molar-refractivity contribution in [3.63, 3.8) is 0 Å². The minimum absolute atomic E-state index is 0.0442. The molecule has 0 unspecified atom stereocenters. The van der Waals surface area contributed by atoms with Gasteiger partial charge in [0.05, 0.1) is 30.1 Å². The average Bonchev–Trinajstić information content (AvgIpc) is 2.97. The van der Waals surface area contributed by atoms with Gasteiger partial charge in [0.15, 0.2) is 11.5 Å². The SMILES string of the molecule is CCOc1cc(Br)c(/C=C2/SC(=O)N(Cc3cccc([N+](=O)[O-])c3)C2=O)cc1OC. The van der Waals surface area contributed by atoms with Gasteiger partial charge in [0.1, 0.15) is 0 Å². The summed E-state index contributed by atoms with van der Waals surface area (Å²) in [6.45, 7) is 2.29. The van der Waals surface area contributed by atoms with E-state index in [1.807, 2.05) is 6.92 Å².